The van der Waals surface area contributed by atoms with Crippen LogP contribution in [-0.4, -0.2) is 13.1 Å². The number of aryl methyl sites for hydroxylation is 1. The van der Waals surface area contributed by atoms with Crippen molar-refractivity contribution in [2.45, 2.75) is 38.5 Å². The van der Waals surface area contributed by atoms with Crippen molar-refractivity contribution in [1.29, 1.82) is 0 Å². The lowest BCUT2D eigenvalue weighted by molar-refractivity contribution is 0.571. The fourth-order valence-corrected chi connectivity index (χ4v) is 2.13. The van der Waals surface area contributed by atoms with Crippen LogP contribution in [0, 0.1) is 6.92 Å². The summed E-state index contributed by atoms with van der Waals surface area (Å²) < 4.78 is 0. The Balaban J connectivity index is 1.99. The van der Waals surface area contributed by atoms with E-state index in [4.69, 9.17) is 0 Å². The SMILES string of the molecule is CCCNCC1(c2ccc(C)cc2)CC1. The Bertz CT molecular complexity index is 309. The molecule has 0 unspecified atom stereocenters. The first-order valence-electron chi connectivity index (χ1n) is 6.05. The molecule has 1 saturated carbocycles. The third-order valence-corrected chi connectivity index (χ3v) is 3.41. The predicted octanol–water partition coefficient (Wildman–Crippen LogP) is 3.03. The molecule has 0 amide bonds. The maximum Gasteiger partial charge on any atom is 0.00784 e. The molecule has 1 aliphatic carbocycles. The van der Waals surface area contributed by atoms with Crippen LogP contribution in [0.1, 0.15) is 37.3 Å². The summed E-state index contributed by atoms with van der Waals surface area (Å²) in [5, 5.41) is 3.55. The molecule has 1 fully saturated rings. The lowest BCUT2D eigenvalue weighted by Crippen LogP contribution is -2.27. The number of hydrogen-bond donors (Lipinski definition) is 1. The van der Waals surface area contributed by atoms with Gasteiger partial charge in [-0.3, -0.25) is 0 Å². The highest BCUT2D eigenvalue weighted by molar-refractivity contribution is 5.33. The van der Waals surface area contributed by atoms with Crippen LogP contribution in [0.3, 0.4) is 0 Å². The van der Waals surface area contributed by atoms with E-state index in [0.29, 0.717) is 5.41 Å². The summed E-state index contributed by atoms with van der Waals surface area (Å²) in [6.07, 6.45) is 3.93. The third-order valence-electron chi connectivity index (χ3n) is 3.41. The van der Waals surface area contributed by atoms with Crippen LogP contribution in [0.5, 0.6) is 0 Å². The molecule has 1 N–H and O–H groups in total. The van der Waals surface area contributed by atoms with Gasteiger partial charge >= 0.3 is 0 Å². The van der Waals surface area contributed by atoms with Crippen molar-refractivity contribution in [3.8, 4) is 0 Å². The summed E-state index contributed by atoms with van der Waals surface area (Å²) in [6.45, 7) is 6.68. The number of rotatable bonds is 5. The Hall–Kier alpha value is -0.820. The van der Waals surface area contributed by atoms with Gasteiger partial charge in [-0.2, -0.15) is 0 Å². The van der Waals surface area contributed by atoms with Crippen molar-refractivity contribution in [2.75, 3.05) is 13.1 Å². The van der Waals surface area contributed by atoms with E-state index in [9.17, 15) is 0 Å². The van der Waals surface area contributed by atoms with Crippen LogP contribution in [0.25, 0.3) is 0 Å². The highest BCUT2D eigenvalue weighted by atomic mass is 14.9. The van der Waals surface area contributed by atoms with E-state index in [1.807, 2.05) is 0 Å². The number of benzene rings is 1. The first kappa shape index (κ1) is 10.7. The minimum atomic E-state index is 0.475. The van der Waals surface area contributed by atoms with E-state index in [-0.39, 0.29) is 0 Å². The van der Waals surface area contributed by atoms with Crippen LogP contribution in [0.2, 0.25) is 0 Å². The molecule has 0 aliphatic heterocycles. The fourth-order valence-electron chi connectivity index (χ4n) is 2.13. The quantitative estimate of drug-likeness (QED) is 0.725. The standard InChI is InChI=1S/C14H21N/c1-3-10-15-11-14(8-9-14)13-6-4-12(2)5-7-13/h4-7,15H,3,8-11H2,1-2H3. The maximum absolute atomic E-state index is 3.55. The van der Waals surface area contributed by atoms with Crippen LogP contribution in [0.4, 0.5) is 0 Å². The Morgan fingerprint density at radius 3 is 2.40 bits per heavy atom. The molecule has 2 rings (SSSR count). The van der Waals surface area contributed by atoms with Gasteiger partial charge in [0.1, 0.15) is 0 Å². The highest BCUT2D eigenvalue weighted by Crippen LogP contribution is 2.47. The molecule has 0 spiro atoms. The van der Waals surface area contributed by atoms with E-state index in [0.717, 1.165) is 13.1 Å². The van der Waals surface area contributed by atoms with Gasteiger partial charge in [0.2, 0.25) is 0 Å². The van der Waals surface area contributed by atoms with E-state index in [1.165, 1.54) is 30.4 Å². The van der Waals surface area contributed by atoms with E-state index in [1.54, 1.807) is 0 Å². The highest BCUT2D eigenvalue weighted by Gasteiger charge is 2.43. The van der Waals surface area contributed by atoms with E-state index in [2.05, 4.69) is 43.4 Å². The number of nitrogens with one attached hydrogen (secondary N) is 1. The molecule has 0 heterocycles. The van der Waals surface area contributed by atoms with Crippen molar-refractivity contribution < 1.29 is 0 Å². The fraction of sp³-hybridized carbons (Fsp3) is 0.571. The third kappa shape index (κ3) is 2.40. The second kappa shape index (κ2) is 4.36. The first-order valence-corrected chi connectivity index (χ1v) is 6.05. The summed E-state index contributed by atoms with van der Waals surface area (Å²) in [4.78, 5) is 0. The van der Waals surface area contributed by atoms with Crippen LogP contribution in [0.15, 0.2) is 24.3 Å². The molecule has 0 atom stereocenters. The minimum absolute atomic E-state index is 0.475. The smallest absolute Gasteiger partial charge is 0.00784 e. The van der Waals surface area contributed by atoms with Gasteiger partial charge in [-0.25, -0.2) is 0 Å². The van der Waals surface area contributed by atoms with Crippen molar-refractivity contribution in [3.05, 3.63) is 35.4 Å². The first-order chi connectivity index (χ1) is 7.27. The molecule has 1 aliphatic rings. The lowest BCUT2D eigenvalue weighted by Gasteiger charge is -2.16. The van der Waals surface area contributed by atoms with Gasteiger partial charge in [0.15, 0.2) is 0 Å². The monoisotopic (exact) mass is 203 g/mol. The summed E-state index contributed by atoms with van der Waals surface area (Å²) in [5.41, 5.74) is 3.36. The van der Waals surface area contributed by atoms with Gasteiger partial charge in [-0.05, 0) is 38.3 Å². The van der Waals surface area contributed by atoms with Crippen molar-refractivity contribution in [1.82, 2.24) is 5.32 Å². The summed E-state index contributed by atoms with van der Waals surface area (Å²) in [6, 6.07) is 9.07. The Morgan fingerprint density at radius 1 is 1.20 bits per heavy atom. The Labute approximate surface area is 92.9 Å². The molecular weight excluding hydrogens is 182 g/mol. The van der Waals surface area contributed by atoms with Gasteiger partial charge in [0, 0.05) is 12.0 Å². The second-order valence-electron chi connectivity index (χ2n) is 4.82. The zero-order valence-electron chi connectivity index (χ0n) is 9.84. The molecule has 0 saturated heterocycles. The van der Waals surface area contributed by atoms with Crippen LogP contribution < -0.4 is 5.32 Å². The predicted molar refractivity (Wildman–Crippen MR) is 65.3 cm³/mol. The summed E-state index contributed by atoms with van der Waals surface area (Å²) in [5.74, 6) is 0. The normalized spacial score (nSPS) is 17.7. The van der Waals surface area contributed by atoms with E-state index >= 15 is 0 Å². The topological polar surface area (TPSA) is 12.0 Å². The van der Waals surface area contributed by atoms with Crippen molar-refractivity contribution >= 4 is 0 Å². The molecule has 82 valence electrons. The van der Waals surface area contributed by atoms with Crippen LogP contribution >= 0.6 is 0 Å². The molecule has 15 heavy (non-hydrogen) atoms. The molecule has 0 radical (unpaired) electrons. The largest absolute Gasteiger partial charge is 0.316 e. The van der Waals surface area contributed by atoms with Gasteiger partial charge in [-0.1, -0.05) is 36.8 Å². The lowest BCUT2D eigenvalue weighted by atomic mass is 9.95. The van der Waals surface area contributed by atoms with Gasteiger partial charge in [0.25, 0.3) is 0 Å². The summed E-state index contributed by atoms with van der Waals surface area (Å²) in [7, 11) is 0. The molecule has 1 aromatic carbocycles. The summed E-state index contributed by atoms with van der Waals surface area (Å²) >= 11 is 0. The van der Waals surface area contributed by atoms with Gasteiger partial charge < -0.3 is 5.32 Å². The average Bonchev–Trinajstić information content (AvgIpc) is 3.00. The Morgan fingerprint density at radius 2 is 1.87 bits per heavy atom. The number of hydrogen-bond acceptors (Lipinski definition) is 1. The molecule has 1 aromatic rings. The Kier molecular flexibility index (Phi) is 3.11. The molecule has 0 bridgehead atoms. The molecule has 1 nitrogen and oxygen atoms in total. The minimum Gasteiger partial charge on any atom is -0.316 e. The zero-order chi connectivity index (χ0) is 10.7. The zero-order valence-corrected chi connectivity index (χ0v) is 9.84. The average molecular weight is 203 g/mol. The van der Waals surface area contributed by atoms with Crippen molar-refractivity contribution in [2.24, 2.45) is 0 Å². The molecule has 0 aromatic heterocycles. The van der Waals surface area contributed by atoms with Gasteiger partial charge in [-0.15, -0.1) is 0 Å². The van der Waals surface area contributed by atoms with Crippen LogP contribution in [-0.2, 0) is 5.41 Å². The molecule has 1 heteroatoms. The maximum atomic E-state index is 3.55. The van der Waals surface area contributed by atoms with Gasteiger partial charge in [0.05, 0.1) is 0 Å². The second-order valence-corrected chi connectivity index (χ2v) is 4.82. The van der Waals surface area contributed by atoms with E-state index < -0.39 is 0 Å². The van der Waals surface area contributed by atoms with Crippen molar-refractivity contribution in [3.63, 3.8) is 0 Å². The molecular formula is C14H21N.